The van der Waals surface area contributed by atoms with E-state index < -0.39 is 0 Å². The SMILES string of the molecule is CC1(CN2CCC(CCO)C2)CCNC1. The second-order valence-electron chi connectivity index (χ2n) is 5.64. The Labute approximate surface area is 92.8 Å². The van der Waals surface area contributed by atoms with E-state index in [1.54, 1.807) is 0 Å². The summed E-state index contributed by atoms with van der Waals surface area (Å²) >= 11 is 0. The first-order chi connectivity index (χ1) is 7.22. The molecule has 2 fully saturated rings. The molecule has 0 aromatic heterocycles. The van der Waals surface area contributed by atoms with E-state index in [1.807, 2.05) is 0 Å². The number of rotatable bonds is 4. The molecule has 2 heterocycles. The highest BCUT2D eigenvalue weighted by Crippen LogP contribution is 2.29. The summed E-state index contributed by atoms with van der Waals surface area (Å²) in [5.74, 6) is 0.743. The lowest BCUT2D eigenvalue weighted by atomic mass is 9.89. The van der Waals surface area contributed by atoms with Gasteiger partial charge in [-0.1, -0.05) is 6.92 Å². The number of aliphatic hydroxyl groups excluding tert-OH is 1. The highest BCUT2D eigenvalue weighted by atomic mass is 16.3. The van der Waals surface area contributed by atoms with Crippen LogP contribution in [-0.2, 0) is 0 Å². The van der Waals surface area contributed by atoms with Crippen molar-refractivity contribution in [3.8, 4) is 0 Å². The van der Waals surface area contributed by atoms with Crippen molar-refractivity contribution in [2.75, 3.05) is 39.3 Å². The molecule has 3 heteroatoms. The van der Waals surface area contributed by atoms with Crippen molar-refractivity contribution < 1.29 is 5.11 Å². The van der Waals surface area contributed by atoms with E-state index in [0.29, 0.717) is 12.0 Å². The van der Waals surface area contributed by atoms with E-state index in [0.717, 1.165) is 12.3 Å². The maximum atomic E-state index is 8.92. The molecule has 2 aliphatic rings. The quantitative estimate of drug-likeness (QED) is 0.720. The monoisotopic (exact) mass is 212 g/mol. The minimum absolute atomic E-state index is 0.358. The molecule has 2 unspecified atom stereocenters. The molecule has 3 nitrogen and oxygen atoms in total. The zero-order valence-electron chi connectivity index (χ0n) is 9.84. The first-order valence-electron chi connectivity index (χ1n) is 6.26. The standard InChI is InChI=1S/C12H24N2O/c1-12(4-5-13-9-12)10-14-6-2-11(8-14)3-7-15/h11,13,15H,2-10H2,1H3. The van der Waals surface area contributed by atoms with Crippen molar-refractivity contribution in [1.29, 1.82) is 0 Å². The number of aliphatic hydroxyl groups is 1. The molecule has 0 radical (unpaired) electrons. The summed E-state index contributed by atoms with van der Waals surface area (Å²) in [4.78, 5) is 2.59. The largest absolute Gasteiger partial charge is 0.396 e. The predicted octanol–water partition coefficient (Wildman–Crippen LogP) is 0.690. The van der Waals surface area contributed by atoms with Gasteiger partial charge in [0.25, 0.3) is 0 Å². The number of hydrogen-bond acceptors (Lipinski definition) is 3. The molecule has 2 saturated heterocycles. The van der Waals surface area contributed by atoms with Crippen LogP contribution in [0.5, 0.6) is 0 Å². The number of likely N-dealkylation sites (tertiary alicyclic amines) is 1. The topological polar surface area (TPSA) is 35.5 Å². The van der Waals surface area contributed by atoms with Crippen LogP contribution in [0.4, 0.5) is 0 Å². The third-order valence-electron chi connectivity index (χ3n) is 3.97. The summed E-state index contributed by atoms with van der Waals surface area (Å²) in [5.41, 5.74) is 0.494. The van der Waals surface area contributed by atoms with E-state index in [4.69, 9.17) is 5.11 Å². The van der Waals surface area contributed by atoms with Crippen molar-refractivity contribution in [1.82, 2.24) is 10.2 Å². The zero-order valence-corrected chi connectivity index (χ0v) is 9.84. The molecular weight excluding hydrogens is 188 g/mol. The van der Waals surface area contributed by atoms with Gasteiger partial charge in [0, 0.05) is 26.2 Å². The number of nitrogens with one attached hydrogen (secondary N) is 1. The smallest absolute Gasteiger partial charge is 0.0434 e. The molecule has 88 valence electrons. The molecule has 0 spiro atoms. The van der Waals surface area contributed by atoms with Gasteiger partial charge >= 0.3 is 0 Å². The van der Waals surface area contributed by atoms with Crippen LogP contribution in [0.3, 0.4) is 0 Å². The second-order valence-corrected chi connectivity index (χ2v) is 5.64. The molecule has 0 bridgehead atoms. The van der Waals surface area contributed by atoms with Crippen LogP contribution in [-0.4, -0.2) is 49.3 Å². The molecule has 2 N–H and O–H groups in total. The average molecular weight is 212 g/mol. The average Bonchev–Trinajstić information content (AvgIpc) is 2.77. The van der Waals surface area contributed by atoms with Gasteiger partial charge < -0.3 is 15.3 Å². The van der Waals surface area contributed by atoms with E-state index in [2.05, 4.69) is 17.1 Å². The fourth-order valence-corrected chi connectivity index (χ4v) is 3.02. The Morgan fingerprint density at radius 3 is 3.07 bits per heavy atom. The van der Waals surface area contributed by atoms with Crippen LogP contribution in [0.15, 0.2) is 0 Å². The lowest BCUT2D eigenvalue weighted by Gasteiger charge is -2.29. The summed E-state index contributed by atoms with van der Waals surface area (Å²) in [6, 6.07) is 0. The molecular formula is C12H24N2O. The van der Waals surface area contributed by atoms with Gasteiger partial charge in [0.1, 0.15) is 0 Å². The van der Waals surface area contributed by atoms with Crippen molar-refractivity contribution in [3.63, 3.8) is 0 Å². The predicted molar refractivity (Wildman–Crippen MR) is 61.8 cm³/mol. The fourth-order valence-electron chi connectivity index (χ4n) is 3.02. The maximum Gasteiger partial charge on any atom is 0.0434 e. The van der Waals surface area contributed by atoms with Gasteiger partial charge in [-0.25, -0.2) is 0 Å². The third kappa shape index (κ3) is 2.92. The summed E-state index contributed by atoms with van der Waals surface area (Å²) in [6.07, 6.45) is 3.59. The van der Waals surface area contributed by atoms with E-state index in [-0.39, 0.29) is 0 Å². The molecule has 0 saturated carbocycles. The Morgan fingerprint density at radius 1 is 1.53 bits per heavy atom. The fraction of sp³-hybridized carbons (Fsp3) is 1.00. The Morgan fingerprint density at radius 2 is 2.40 bits per heavy atom. The van der Waals surface area contributed by atoms with Gasteiger partial charge in [0.2, 0.25) is 0 Å². The summed E-state index contributed by atoms with van der Waals surface area (Å²) in [5, 5.41) is 12.4. The third-order valence-corrected chi connectivity index (χ3v) is 3.97. The van der Waals surface area contributed by atoms with Gasteiger partial charge in [-0.15, -0.1) is 0 Å². The molecule has 15 heavy (non-hydrogen) atoms. The number of hydrogen-bond donors (Lipinski definition) is 2. The van der Waals surface area contributed by atoms with Gasteiger partial charge in [0.15, 0.2) is 0 Å². The highest BCUT2D eigenvalue weighted by Gasteiger charge is 2.33. The van der Waals surface area contributed by atoms with E-state index in [9.17, 15) is 0 Å². The summed E-state index contributed by atoms with van der Waals surface area (Å²) < 4.78 is 0. The molecule has 0 aromatic carbocycles. The summed E-state index contributed by atoms with van der Waals surface area (Å²) in [7, 11) is 0. The van der Waals surface area contributed by atoms with Crippen molar-refractivity contribution in [3.05, 3.63) is 0 Å². The summed E-state index contributed by atoms with van der Waals surface area (Å²) in [6.45, 7) is 8.79. The van der Waals surface area contributed by atoms with Gasteiger partial charge in [-0.05, 0) is 43.7 Å². The van der Waals surface area contributed by atoms with Crippen LogP contribution < -0.4 is 5.32 Å². The van der Waals surface area contributed by atoms with Gasteiger partial charge in [0.05, 0.1) is 0 Å². The molecule has 2 rings (SSSR count). The van der Waals surface area contributed by atoms with Crippen LogP contribution in [0.25, 0.3) is 0 Å². The molecule has 0 amide bonds. The van der Waals surface area contributed by atoms with Crippen molar-refractivity contribution in [2.45, 2.75) is 26.2 Å². The first kappa shape index (κ1) is 11.4. The minimum Gasteiger partial charge on any atom is -0.396 e. The maximum absolute atomic E-state index is 8.92. The van der Waals surface area contributed by atoms with Crippen LogP contribution in [0, 0.1) is 11.3 Å². The molecule has 0 aromatic rings. The van der Waals surface area contributed by atoms with Crippen LogP contribution >= 0.6 is 0 Å². The molecule has 2 aliphatic heterocycles. The van der Waals surface area contributed by atoms with Gasteiger partial charge in [-0.2, -0.15) is 0 Å². The highest BCUT2D eigenvalue weighted by molar-refractivity contribution is 4.88. The molecule has 2 atom stereocenters. The van der Waals surface area contributed by atoms with Crippen LogP contribution in [0.2, 0.25) is 0 Å². The zero-order chi connectivity index (χ0) is 10.7. The van der Waals surface area contributed by atoms with Crippen LogP contribution in [0.1, 0.15) is 26.2 Å². The second kappa shape index (κ2) is 4.81. The Hall–Kier alpha value is -0.120. The normalized spacial score (nSPS) is 37.6. The Balaban J connectivity index is 1.76. The molecule has 0 aliphatic carbocycles. The van der Waals surface area contributed by atoms with E-state index >= 15 is 0 Å². The van der Waals surface area contributed by atoms with Crippen molar-refractivity contribution in [2.24, 2.45) is 11.3 Å². The Kier molecular flexibility index (Phi) is 3.65. The Bertz CT molecular complexity index is 202. The van der Waals surface area contributed by atoms with E-state index in [1.165, 1.54) is 45.6 Å². The first-order valence-corrected chi connectivity index (χ1v) is 6.26. The lowest BCUT2D eigenvalue weighted by molar-refractivity contribution is 0.197. The van der Waals surface area contributed by atoms with Crippen molar-refractivity contribution >= 4 is 0 Å². The minimum atomic E-state index is 0.358. The lowest BCUT2D eigenvalue weighted by Crippen LogP contribution is -2.36. The number of nitrogens with zero attached hydrogens (tertiary/aromatic N) is 1. The van der Waals surface area contributed by atoms with Gasteiger partial charge in [-0.3, -0.25) is 0 Å².